The lowest BCUT2D eigenvalue weighted by Crippen LogP contribution is -2.16. The number of hydrogen-bond donors (Lipinski definition) is 1. The maximum Gasteiger partial charge on any atom is 0.338 e. The molecule has 0 saturated carbocycles. The highest BCUT2D eigenvalue weighted by Gasteiger charge is 2.15. The van der Waals surface area contributed by atoms with Crippen LogP contribution < -0.4 is 4.72 Å². The summed E-state index contributed by atoms with van der Waals surface area (Å²) in [5, 5.41) is 0.387. The maximum atomic E-state index is 12.2. The molecule has 0 unspecified atom stereocenters. The van der Waals surface area contributed by atoms with E-state index in [2.05, 4.69) is 4.72 Å². The van der Waals surface area contributed by atoms with Crippen LogP contribution >= 0.6 is 11.6 Å². The average molecular weight is 354 g/mol. The first-order chi connectivity index (χ1) is 10.9. The fourth-order valence-electron chi connectivity index (χ4n) is 1.96. The lowest BCUT2D eigenvalue weighted by atomic mass is 10.2. The van der Waals surface area contributed by atoms with E-state index in [1.165, 1.54) is 6.07 Å². The fraction of sp³-hybridized carbons (Fsp3) is 0.188. The summed E-state index contributed by atoms with van der Waals surface area (Å²) in [6, 6.07) is 12.9. The number of benzene rings is 2. The van der Waals surface area contributed by atoms with E-state index in [0.29, 0.717) is 16.3 Å². The van der Waals surface area contributed by atoms with Crippen LogP contribution in [0.1, 0.15) is 22.8 Å². The summed E-state index contributed by atoms with van der Waals surface area (Å²) in [6.45, 7) is 1.95. The van der Waals surface area contributed by atoms with E-state index in [9.17, 15) is 13.2 Å². The molecule has 2 aromatic carbocycles. The third kappa shape index (κ3) is 4.97. The van der Waals surface area contributed by atoms with E-state index in [0.717, 1.165) is 0 Å². The zero-order chi connectivity index (χ0) is 16.9. The third-order valence-corrected chi connectivity index (χ3v) is 4.56. The van der Waals surface area contributed by atoms with E-state index >= 15 is 0 Å². The smallest absolute Gasteiger partial charge is 0.338 e. The predicted molar refractivity (Wildman–Crippen MR) is 90.1 cm³/mol. The summed E-state index contributed by atoms with van der Waals surface area (Å²) in [5.74, 6) is -0.754. The second kappa shape index (κ2) is 7.48. The highest BCUT2D eigenvalue weighted by atomic mass is 35.5. The zero-order valence-corrected chi connectivity index (χ0v) is 14.0. The van der Waals surface area contributed by atoms with Gasteiger partial charge < -0.3 is 4.74 Å². The van der Waals surface area contributed by atoms with Crippen LogP contribution in [0.4, 0.5) is 5.69 Å². The largest absolute Gasteiger partial charge is 0.462 e. The van der Waals surface area contributed by atoms with Crippen molar-refractivity contribution in [2.75, 3.05) is 11.3 Å². The summed E-state index contributed by atoms with van der Waals surface area (Å²) in [4.78, 5) is 11.7. The first-order valence-corrected chi connectivity index (χ1v) is 8.95. The highest BCUT2D eigenvalue weighted by molar-refractivity contribution is 7.91. The molecule has 0 saturated heterocycles. The van der Waals surface area contributed by atoms with Crippen LogP contribution in [-0.4, -0.2) is 21.0 Å². The minimum absolute atomic E-state index is 0.251. The number of hydrogen-bond acceptors (Lipinski definition) is 4. The number of nitrogens with one attached hydrogen (secondary N) is 1. The van der Waals surface area contributed by atoms with Gasteiger partial charge in [0.05, 0.1) is 17.9 Å². The van der Waals surface area contributed by atoms with Crippen LogP contribution in [0.3, 0.4) is 0 Å². The van der Waals surface area contributed by atoms with Gasteiger partial charge in [0, 0.05) is 10.7 Å². The topological polar surface area (TPSA) is 72.5 Å². The molecule has 0 aliphatic heterocycles. The van der Waals surface area contributed by atoms with E-state index in [1.54, 1.807) is 49.4 Å². The van der Waals surface area contributed by atoms with Gasteiger partial charge in [-0.05, 0) is 36.8 Å². The minimum atomic E-state index is -3.65. The van der Waals surface area contributed by atoms with E-state index in [-0.39, 0.29) is 17.9 Å². The Morgan fingerprint density at radius 2 is 1.91 bits per heavy atom. The SMILES string of the molecule is CCOC(=O)c1cccc(NS(=O)(=O)Cc2ccccc2Cl)c1. The summed E-state index contributed by atoms with van der Waals surface area (Å²) in [6.07, 6.45) is 0. The molecule has 0 spiro atoms. The van der Waals surface area contributed by atoms with Crippen molar-refractivity contribution in [3.05, 3.63) is 64.7 Å². The van der Waals surface area contributed by atoms with Crippen LogP contribution in [0.15, 0.2) is 48.5 Å². The van der Waals surface area contributed by atoms with Crippen LogP contribution in [0, 0.1) is 0 Å². The Hall–Kier alpha value is -2.05. The Labute approximate surface area is 140 Å². The Morgan fingerprint density at radius 1 is 1.17 bits per heavy atom. The van der Waals surface area contributed by atoms with Crippen molar-refractivity contribution < 1.29 is 17.9 Å². The number of carbonyl (C=O) groups excluding carboxylic acids is 1. The predicted octanol–water partition coefficient (Wildman–Crippen LogP) is 3.46. The summed E-state index contributed by atoms with van der Waals surface area (Å²) < 4.78 is 31.8. The number of ether oxygens (including phenoxy) is 1. The van der Waals surface area contributed by atoms with E-state index in [4.69, 9.17) is 16.3 Å². The van der Waals surface area contributed by atoms with Gasteiger partial charge in [-0.3, -0.25) is 4.72 Å². The molecular weight excluding hydrogens is 338 g/mol. The van der Waals surface area contributed by atoms with Crippen molar-refractivity contribution in [2.45, 2.75) is 12.7 Å². The molecule has 23 heavy (non-hydrogen) atoms. The molecule has 0 bridgehead atoms. The summed E-state index contributed by atoms with van der Waals surface area (Å²) >= 11 is 5.98. The Balaban J connectivity index is 2.16. The van der Waals surface area contributed by atoms with Gasteiger partial charge in [-0.25, -0.2) is 13.2 Å². The lowest BCUT2D eigenvalue weighted by molar-refractivity contribution is 0.0526. The average Bonchev–Trinajstić information content (AvgIpc) is 2.49. The van der Waals surface area contributed by atoms with Gasteiger partial charge >= 0.3 is 5.97 Å². The summed E-state index contributed by atoms with van der Waals surface area (Å²) in [5.41, 5.74) is 1.08. The van der Waals surface area contributed by atoms with E-state index < -0.39 is 16.0 Å². The minimum Gasteiger partial charge on any atom is -0.462 e. The number of esters is 1. The fourth-order valence-corrected chi connectivity index (χ4v) is 3.46. The first-order valence-electron chi connectivity index (χ1n) is 6.92. The number of anilines is 1. The van der Waals surface area contributed by atoms with Crippen molar-refractivity contribution >= 4 is 33.3 Å². The van der Waals surface area contributed by atoms with Crippen molar-refractivity contribution in [3.63, 3.8) is 0 Å². The molecule has 0 radical (unpaired) electrons. The molecule has 0 aromatic heterocycles. The summed E-state index contributed by atoms with van der Waals surface area (Å²) in [7, 11) is -3.65. The zero-order valence-electron chi connectivity index (χ0n) is 12.5. The van der Waals surface area contributed by atoms with Gasteiger partial charge in [0.15, 0.2) is 0 Å². The molecule has 0 fully saturated rings. The number of carbonyl (C=O) groups is 1. The molecule has 0 heterocycles. The quantitative estimate of drug-likeness (QED) is 0.807. The standard InChI is InChI=1S/C16H16ClNO4S/c1-2-22-16(19)12-7-5-8-14(10-12)18-23(20,21)11-13-6-3-4-9-15(13)17/h3-10,18H,2,11H2,1H3. The van der Waals surface area contributed by atoms with Crippen LogP contribution in [0.5, 0.6) is 0 Å². The van der Waals surface area contributed by atoms with Gasteiger partial charge in [-0.15, -0.1) is 0 Å². The molecule has 7 heteroatoms. The number of halogens is 1. The molecule has 0 atom stereocenters. The molecular formula is C16H16ClNO4S. The van der Waals surface area contributed by atoms with Gasteiger partial charge in [0.2, 0.25) is 10.0 Å². The Kier molecular flexibility index (Phi) is 5.63. The monoisotopic (exact) mass is 353 g/mol. The van der Waals surface area contributed by atoms with Gasteiger partial charge in [0.25, 0.3) is 0 Å². The van der Waals surface area contributed by atoms with E-state index in [1.807, 2.05) is 0 Å². The molecule has 0 amide bonds. The van der Waals surface area contributed by atoms with Crippen molar-refractivity contribution in [3.8, 4) is 0 Å². The Bertz CT molecular complexity index is 805. The van der Waals surface area contributed by atoms with Crippen LogP contribution in [0.2, 0.25) is 5.02 Å². The van der Waals surface area contributed by atoms with Crippen LogP contribution in [-0.2, 0) is 20.5 Å². The first kappa shape index (κ1) is 17.3. The number of sulfonamides is 1. The molecule has 0 aliphatic carbocycles. The van der Waals surface area contributed by atoms with Crippen molar-refractivity contribution in [1.82, 2.24) is 0 Å². The van der Waals surface area contributed by atoms with Crippen molar-refractivity contribution in [1.29, 1.82) is 0 Å². The maximum absolute atomic E-state index is 12.2. The van der Waals surface area contributed by atoms with Gasteiger partial charge in [-0.2, -0.15) is 0 Å². The third-order valence-electron chi connectivity index (χ3n) is 2.95. The number of rotatable bonds is 6. The second-order valence-corrected chi connectivity index (χ2v) is 6.88. The van der Waals surface area contributed by atoms with Crippen molar-refractivity contribution in [2.24, 2.45) is 0 Å². The lowest BCUT2D eigenvalue weighted by Gasteiger charge is -2.10. The molecule has 0 aliphatic rings. The van der Waals surface area contributed by atoms with Gasteiger partial charge in [0.1, 0.15) is 0 Å². The Morgan fingerprint density at radius 3 is 2.61 bits per heavy atom. The molecule has 5 nitrogen and oxygen atoms in total. The normalized spacial score (nSPS) is 11.0. The molecule has 2 aromatic rings. The van der Waals surface area contributed by atoms with Crippen LogP contribution in [0.25, 0.3) is 0 Å². The molecule has 1 N–H and O–H groups in total. The molecule has 122 valence electrons. The second-order valence-electron chi connectivity index (χ2n) is 4.75. The highest BCUT2D eigenvalue weighted by Crippen LogP contribution is 2.20. The molecule has 2 rings (SSSR count). The van der Waals surface area contributed by atoms with Gasteiger partial charge in [-0.1, -0.05) is 35.9 Å².